The first-order valence-corrected chi connectivity index (χ1v) is 8.30. The second-order valence-electron chi connectivity index (χ2n) is 4.45. The monoisotopic (exact) mass is 308 g/mol. The molecule has 0 saturated carbocycles. The summed E-state index contributed by atoms with van der Waals surface area (Å²) in [4.78, 5) is 14.0. The molecular formula is C13H12N2O3S2. The van der Waals surface area contributed by atoms with Crippen molar-refractivity contribution in [2.45, 2.75) is 11.4 Å². The van der Waals surface area contributed by atoms with Gasteiger partial charge >= 0.3 is 6.03 Å². The predicted octanol–water partition coefficient (Wildman–Crippen LogP) is 2.51. The van der Waals surface area contributed by atoms with E-state index in [1.807, 2.05) is 30.3 Å². The van der Waals surface area contributed by atoms with E-state index in [-0.39, 0.29) is 4.90 Å². The number of nitrogens with zero attached hydrogens (tertiary/aromatic N) is 2. The molecule has 0 bridgehead atoms. The van der Waals surface area contributed by atoms with Crippen LogP contribution in [0.15, 0.2) is 46.0 Å². The lowest BCUT2D eigenvalue weighted by Crippen LogP contribution is -2.47. The van der Waals surface area contributed by atoms with Crippen molar-refractivity contribution in [1.29, 1.82) is 0 Å². The molecule has 2 aromatic rings. The number of carbonyl (C=O) groups is 1. The molecule has 0 spiro atoms. The standard InChI is InChI=1S/C13H12N2O3S2/c1-14-13(16)15(7-10-5-3-2-4-6-10)11-8-19-9-12(11)20(14,17)18/h2-6,8-9H,7H2,1H3. The summed E-state index contributed by atoms with van der Waals surface area (Å²) in [5.41, 5.74) is 1.41. The Kier molecular flexibility index (Phi) is 3.02. The molecule has 20 heavy (non-hydrogen) atoms. The topological polar surface area (TPSA) is 57.7 Å². The van der Waals surface area contributed by atoms with Crippen LogP contribution in [0.1, 0.15) is 5.56 Å². The van der Waals surface area contributed by atoms with E-state index < -0.39 is 16.1 Å². The average Bonchev–Trinajstić information content (AvgIpc) is 2.93. The molecule has 2 heterocycles. The van der Waals surface area contributed by atoms with Gasteiger partial charge in [-0.15, -0.1) is 11.3 Å². The van der Waals surface area contributed by atoms with Gasteiger partial charge < -0.3 is 0 Å². The van der Waals surface area contributed by atoms with Crippen LogP contribution in [0.5, 0.6) is 0 Å². The van der Waals surface area contributed by atoms with Gasteiger partial charge in [-0.2, -0.15) is 0 Å². The van der Waals surface area contributed by atoms with Crippen molar-refractivity contribution in [1.82, 2.24) is 4.31 Å². The molecule has 0 radical (unpaired) electrons. The van der Waals surface area contributed by atoms with Gasteiger partial charge in [-0.05, 0) is 5.56 Å². The first-order valence-electron chi connectivity index (χ1n) is 5.92. The highest BCUT2D eigenvalue weighted by atomic mass is 32.2. The number of benzene rings is 1. The molecule has 0 unspecified atom stereocenters. The number of amides is 2. The van der Waals surface area contributed by atoms with Crippen molar-refractivity contribution < 1.29 is 13.2 Å². The van der Waals surface area contributed by atoms with Crippen molar-refractivity contribution in [3.8, 4) is 0 Å². The third-order valence-corrected chi connectivity index (χ3v) is 5.86. The summed E-state index contributed by atoms with van der Waals surface area (Å²) >= 11 is 1.28. The lowest BCUT2D eigenvalue weighted by molar-refractivity contribution is 0.232. The Morgan fingerprint density at radius 1 is 1.15 bits per heavy atom. The number of rotatable bonds is 2. The molecule has 0 fully saturated rings. The van der Waals surface area contributed by atoms with Crippen molar-refractivity contribution >= 4 is 33.1 Å². The molecule has 7 heteroatoms. The van der Waals surface area contributed by atoms with Gasteiger partial charge in [0, 0.05) is 17.8 Å². The summed E-state index contributed by atoms with van der Waals surface area (Å²) in [7, 11) is -2.41. The van der Waals surface area contributed by atoms with Crippen LogP contribution >= 0.6 is 11.3 Å². The Balaban J connectivity index is 2.06. The average molecular weight is 308 g/mol. The quantitative estimate of drug-likeness (QED) is 0.856. The Bertz CT molecular complexity index is 753. The maximum absolute atomic E-state index is 12.3. The van der Waals surface area contributed by atoms with Crippen molar-refractivity contribution in [2.75, 3.05) is 11.9 Å². The van der Waals surface area contributed by atoms with Gasteiger partial charge in [0.2, 0.25) is 0 Å². The third-order valence-electron chi connectivity index (χ3n) is 3.22. The molecule has 1 aromatic heterocycles. The largest absolute Gasteiger partial charge is 0.338 e. The van der Waals surface area contributed by atoms with E-state index >= 15 is 0 Å². The smallest absolute Gasteiger partial charge is 0.287 e. The second-order valence-corrected chi connectivity index (χ2v) is 7.13. The summed E-state index contributed by atoms with van der Waals surface area (Å²) in [6.45, 7) is 0.350. The van der Waals surface area contributed by atoms with Crippen LogP contribution < -0.4 is 4.90 Å². The van der Waals surface area contributed by atoms with Crippen molar-refractivity contribution in [3.63, 3.8) is 0 Å². The molecule has 104 valence electrons. The summed E-state index contributed by atoms with van der Waals surface area (Å²) in [6.07, 6.45) is 0. The first-order chi connectivity index (χ1) is 9.51. The number of hydrogen-bond acceptors (Lipinski definition) is 4. The fraction of sp³-hybridized carbons (Fsp3) is 0.154. The van der Waals surface area contributed by atoms with E-state index in [4.69, 9.17) is 0 Å². The molecule has 0 atom stereocenters. The molecule has 1 aliphatic heterocycles. The second kappa shape index (κ2) is 4.60. The van der Waals surface area contributed by atoms with E-state index in [2.05, 4.69) is 0 Å². The van der Waals surface area contributed by atoms with Crippen LogP contribution in [-0.4, -0.2) is 25.8 Å². The summed E-state index contributed by atoms with van der Waals surface area (Å²) in [6, 6.07) is 8.95. The van der Waals surface area contributed by atoms with Crippen LogP contribution in [0.3, 0.4) is 0 Å². The van der Waals surface area contributed by atoms with Crippen molar-refractivity contribution in [3.05, 3.63) is 46.7 Å². The van der Waals surface area contributed by atoms with Crippen LogP contribution in [0.25, 0.3) is 0 Å². The fourth-order valence-electron chi connectivity index (χ4n) is 2.11. The molecule has 1 aliphatic rings. The third kappa shape index (κ3) is 1.90. The van der Waals surface area contributed by atoms with Gasteiger partial charge in [-0.3, -0.25) is 4.90 Å². The summed E-state index contributed by atoms with van der Waals surface area (Å²) < 4.78 is 25.1. The Morgan fingerprint density at radius 3 is 2.55 bits per heavy atom. The number of hydrogen-bond donors (Lipinski definition) is 0. The van der Waals surface area contributed by atoms with Crippen molar-refractivity contribution in [2.24, 2.45) is 0 Å². The number of fused-ring (bicyclic) bond motifs is 1. The van der Waals surface area contributed by atoms with E-state index in [0.717, 1.165) is 9.87 Å². The molecule has 0 saturated heterocycles. The van der Waals surface area contributed by atoms with Crippen LogP contribution in [-0.2, 0) is 16.6 Å². The lowest BCUT2D eigenvalue weighted by atomic mass is 10.2. The highest BCUT2D eigenvalue weighted by molar-refractivity contribution is 7.90. The van der Waals surface area contributed by atoms with Gasteiger partial charge in [0.1, 0.15) is 4.90 Å². The minimum atomic E-state index is -3.70. The van der Waals surface area contributed by atoms with Gasteiger partial charge in [0.25, 0.3) is 10.0 Å². The molecule has 0 N–H and O–H groups in total. The molecule has 3 rings (SSSR count). The highest BCUT2D eigenvalue weighted by Gasteiger charge is 2.39. The zero-order chi connectivity index (χ0) is 14.3. The number of sulfonamides is 1. The zero-order valence-electron chi connectivity index (χ0n) is 10.7. The summed E-state index contributed by atoms with van der Waals surface area (Å²) in [5.74, 6) is 0. The Labute approximate surface area is 121 Å². The minimum absolute atomic E-state index is 0.195. The van der Waals surface area contributed by atoms with Gasteiger partial charge in [0.05, 0.1) is 12.2 Å². The number of urea groups is 1. The highest BCUT2D eigenvalue weighted by Crippen LogP contribution is 2.37. The Morgan fingerprint density at radius 2 is 1.85 bits per heavy atom. The number of anilines is 1. The number of thiophene rings is 1. The van der Waals surface area contributed by atoms with E-state index in [1.165, 1.54) is 23.3 Å². The van der Waals surface area contributed by atoms with Crippen LogP contribution in [0.4, 0.5) is 10.5 Å². The number of carbonyl (C=O) groups excluding carboxylic acids is 1. The zero-order valence-corrected chi connectivity index (χ0v) is 12.3. The maximum Gasteiger partial charge on any atom is 0.338 e. The molecular weight excluding hydrogens is 296 g/mol. The SMILES string of the molecule is CN1C(=O)N(Cc2ccccc2)c2cscc2S1(=O)=O. The lowest BCUT2D eigenvalue weighted by Gasteiger charge is -2.32. The molecule has 2 amide bonds. The van der Waals surface area contributed by atoms with Gasteiger partial charge in [0.15, 0.2) is 0 Å². The Hall–Kier alpha value is -1.86. The van der Waals surface area contributed by atoms with Crippen LogP contribution in [0, 0.1) is 0 Å². The summed E-state index contributed by atoms with van der Waals surface area (Å²) in [5, 5.41) is 3.26. The first kappa shape index (κ1) is 13.1. The van der Waals surface area contributed by atoms with Gasteiger partial charge in [-0.25, -0.2) is 17.5 Å². The molecule has 0 aliphatic carbocycles. The minimum Gasteiger partial charge on any atom is -0.287 e. The van der Waals surface area contributed by atoms with E-state index in [0.29, 0.717) is 12.2 Å². The van der Waals surface area contributed by atoms with E-state index in [1.54, 1.807) is 10.8 Å². The normalized spacial score (nSPS) is 17.1. The molecule has 1 aromatic carbocycles. The predicted molar refractivity (Wildman–Crippen MR) is 77.3 cm³/mol. The fourth-order valence-corrected chi connectivity index (χ4v) is 4.57. The molecule has 5 nitrogen and oxygen atoms in total. The maximum atomic E-state index is 12.3. The van der Waals surface area contributed by atoms with Gasteiger partial charge in [-0.1, -0.05) is 30.3 Å². The van der Waals surface area contributed by atoms with Crippen LogP contribution in [0.2, 0.25) is 0 Å². The van der Waals surface area contributed by atoms with E-state index in [9.17, 15) is 13.2 Å².